The number of hydrogen-bond donors (Lipinski definition) is 1. The number of nitrogens with zero attached hydrogens (tertiary/aromatic N) is 2. The average molecular weight is 374 g/mol. The molecule has 3 heterocycles. The van der Waals surface area contributed by atoms with Gasteiger partial charge >= 0.3 is 0 Å². The summed E-state index contributed by atoms with van der Waals surface area (Å²) >= 11 is 1.72. The molecule has 5 nitrogen and oxygen atoms in total. The standard InChI is InChI=1S/C20H27N3O2S/c1-4-18(14-5-6-14)21-20(24)17-11-26-19-10-23(8-7-15(17)19)9-16-12(2)22-25-13(16)3/h11,14,18H,4-10H2,1-3H3,(H,21,24)/t18-/m1/s1. The van der Waals surface area contributed by atoms with Crippen molar-refractivity contribution >= 4 is 17.2 Å². The van der Waals surface area contributed by atoms with Crippen LogP contribution in [0.4, 0.5) is 0 Å². The van der Waals surface area contributed by atoms with Gasteiger partial charge in [-0.2, -0.15) is 0 Å². The molecule has 0 radical (unpaired) electrons. The molecule has 1 atom stereocenters. The summed E-state index contributed by atoms with van der Waals surface area (Å²) in [6, 6.07) is 0.345. The predicted molar refractivity (Wildman–Crippen MR) is 102 cm³/mol. The summed E-state index contributed by atoms with van der Waals surface area (Å²) in [7, 11) is 0. The Balaban J connectivity index is 1.44. The van der Waals surface area contributed by atoms with Crippen molar-refractivity contribution in [2.45, 2.75) is 65.6 Å². The van der Waals surface area contributed by atoms with E-state index in [1.54, 1.807) is 11.3 Å². The summed E-state index contributed by atoms with van der Waals surface area (Å²) in [5.74, 6) is 1.73. The molecule has 26 heavy (non-hydrogen) atoms. The molecule has 1 saturated carbocycles. The van der Waals surface area contributed by atoms with E-state index in [1.807, 2.05) is 13.8 Å². The molecule has 2 aliphatic rings. The van der Waals surface area contributed by atoms with Crippen molar-refractivity contribution in [3.8, 4) is 0 Å². The van der Waals surface area contributed by atoms with Crippen molar-refractivity contribution in [3.05, 3.63) is 38.4 Å². The molecule has 0 aromatic carbocycles. The Labute approximate surface area is 158 Å². The molecule has 140 valence electrons. The van der Waals surface area contributed by atoms with Gasteiger partial charge in [0.15, 0.2) is 0 Å². The largest absolute Gasteiger partial charge is 0.361 e. The number of hydrogen-bond acceptors (Lipinski definition) is 5. The highest BCUT2D eigenvalue weighted by atomic mass is 32.1. The third-order valence-electron chi connectivity index (χ3n) is 5.78. The predicted octanol–water partition coefficient (Wildman–Crippen LogP) is 3.83. The van der Waals surface area contributed by atoms with Gasteiger partial charge in [0.2, 0.25) is 0 Å². The monoisotopic (exact) mass is 373 g/mol. The number of carbonyl (C=O) groups is 1. The molecule has 0 saturated heterocycles. The van der Waals surface area contributed by atoms with Crippen molar-refractivity contribution in [2.24, 2.45) is 5.92 Å². The first-order valence-electron chi connectivity index (χ1n) is 9.61. The van der Waals surface area contributed by atoms with Crippen LogP contribution < -0.4 is 5.32 Å². The number of thiophene rings is 1. The first-order valence-corrected chi connectivity index (χ1v) is 10.5. The van der Waals surface area contributed by atoms with Gasteiger partial charge in [0, 0.05) is 41.5 Å². The number of rotatable bonds is 6. The maximum atomic E-state index is 12.8. The second kappa shape index (κ2) is 7.16. The smallest absolute Gasteiger partial charge is 0.252 e. The Kier molecular flexibility index (Phi) is 4.88. The van der Waals surface area contributed by atoms with Gasteiger partial charge in [0.1, 0.15) is 5.76 Å². The zero-order chi connectivity index (χ0) is 18.3. The van der Waals surface area contributed by atoms with Gasteiger partial charge < -0.3 is 9.84 Å². The van der Waals surface area contributed by atoms with E-state index < -0.39 is 0 Å². The van der Waals surface area contributed by atoms with E-state index in [0.29, 0.717) is 12.0 Å². The number of amides is 1. The molecule has 2 aromatic heterocycles. The van der Waals surface area contributed by atoms with Crippen LogP contribution in [-0.4, -0.2) is 28.6 Å². The van der Waals surface area contributed by atoms with Crippen molar-refractivity contribution in [1.29, 1.82) is 0 Å². The third kappa shape index (κ3) is 3.45. The first kappa shape index (κ1) is 17.7. The Morgan fingerprint density at radius 3 is 2.92 bits per heavy atom. The normalized spacial score (nSPS) is 18.6. The first-order chi connectivity index (χ1) is 12.6. The summed E-state index contributed by atoms with van der Waals surface area (Å²) in [6.45, 7) is 8.87. The van der Waals surface area contributed by atoms with Crippen LogP contribution in [-0.2, 0) is 19.5 Å². The quantitative estimate of drug-likeness (QED) is 0.836. The second-order valence-electron chi connectivity index (χ2n) is 7.64. The van der Waals surface area contributed by atoms with Gasteiger partial charge in [-0.25, -0.2) is 0 Å². The van der Waals surface area contributed by atoms with Crippen LogP contribution in [0, 0.1) is 19.8 Å². The van der Waals surface area contributed by atoms with Crippen molar-refractivity contribution in [1.82, 2.24) is 15.4 Å². The van der Waals surface area contributed by atoms with Gasteiger partial charge in [-0.1, -0.05) is 12.1 Å². The topological polar surface area (TPSA) is 58.4 Å². The molecule has 1 N–H and O–H groups in total. The van der Waals surface area contributed by atoms with Crippen molar-refractivity contribution in [2.75, 3.05) is 6.54 Å². The highest BCUT2D eigenvalue weighted by Gasteiger charge is 2.32. The Morgan fingerprint density at radius 1 is 1.46 bits per heavy atom. The van der Waals surface area contributed by atoms with E-state index in [2.05, 4.69) is 27.7 Å². The fourth-order valence-electron chi connectivity index (χ4n) is 3.96. The fraction of sp³-hybridized carbons (Fsp3) is 0.600. The minimum atomic E-state index is 0.125. The number of aromatic nitrogens is 1. The molecule has 1 fully saturated rings. The number of fused-ring (bicyclic) bond motifs is 1. The lowest BCUT2D eigenvalue weighted by molar-refractivity contribution is 0.0929. The van der Waals surface area contributed by atoms with Gasteiger partial charge in [0.05, 0.1) is 11.3 Å². The fourth-order valence-corrected chi connectivity index (χ4v) is 5.08. The Hall–Kier alpha value is -1.66. The summed E-state index contributed by atoms with van der Waals surface area (Å²) in [5, 5.41) is 9.39. The van der Waals surface area contributed by atoms with E-state index in [4.69, 9.17) is 4.52 Å². The zero-order valence-corrected chi connectivity index (χ0v) is 16.6. The molecule has 1 amide bonds. The molecule has 1 aliphatic carbocycles. The number of carbonyl (C=O) groups excluding carboxylic acids is 1. The van der Waals surface area contributed by atoms with Crippen LogP contribution in [0.25, 0.3) is 0 Å². The maximum absolute atomic E-state index is 12.8. The van der Waals surface area contributed by atoms with Gasteiger partial charge in [-0.05, 0) is 51.0 Å². The van der Waals surface area contributed by atoms with Crippen LogP contribution in [0.5, 0.6) is 0 Å². The molecule has 4 rings (SSSR count). The lowest BCUT2D eigenvalue weighted by atomic mass is 10.0. The minimum Gasteiger partial charge on any atom is -0.361 e. The van der Waals surface area contributed by atoms with E-state index >= 15 is 0 Å². The summed E-state index contributed by atoms with van der Waals surface area (Å²) in [5.41, 5.74) is 4.33. The van der Waals surface area contributed by atoms with Crippen LogP contribution >= 0.6 is 11.3 Å². The van der Waals surface area contributed by atoms with E-state index in [9.17, 15) is 4.79 Å². The molecule has 6 heteroatoms. The second-order valence-corrected chi connectivity index (χ2v) is 8.60. The van der Waals surface area contributed by atoms with E-state index in [-0.39, 0.29) is 5.91 Å². The summed E-state index contributed by atoms with van der Waals surface area (Å²) in [4.78, 5) is 16.5. The lowest BCUT2D eigenvalue weighted by Crippen LogP contribution is -2.37. The maximum Gasteiger partial charge on any atom is 0.252 e. The zero-order valence-electron chi connectivity index (χ0n) is 15.8. The molecule has 0 bridgehead atoms. The third-order valence-corrected chi connectivity index (χ3v) is 6.79. The van der Waals surface area contributed by atoms with Gasteiger partial charge in [-0.3, -0.25) is 9.69 Å². The molecule has 1 aliphatic heterocycles. The Morgan fingerprint density at radius 2 is 2.27 bits per heavy atom. The van der Waals surface area contributed by atoms with E-state index in [1.165, 1.54) is 28.8 Å². The van der Waals surface area contributed by atoms with Gasteiger partial charge in [-0.15, -0.1) is 11.3 Å². The molecule has 0 spiro atoms. The van der Waals surface area contributed by atoms with Crippen molar-refractivity contribution in [3.63, 3.8) is 0 Å². The molecule has 2 aromatic rings. The van der Waals surface area contributed by atoms with Crippen LogP contribution in [0.2, 0.25) is 0 Å². The van der Waals surface area contributed by atoms with Crippen LogP contribution in [0.1, 0.15) is 64.0 Å². The molecule has 0 unspecified atom stereocenters. The summed E-state index contributed by atoms with van der Waals surface area (Å²) in [6.07, 6.45) is 4.48. The van der Waals surface area contributed by atoms with Crippen LogP contribution in [0.15, 0.2) is 9.90 Å². The van der Waals surface area contributed by atoms with Gasteiger partial charge in [0.25, 0.3) is 5.91 Å². The number of aryl methyl sites for hydroxylation is 2. The van der Waals surface area contributed by atoms with Crippen LogP contribution in [0.3, 0.4) is 0 Å². The lowest BCUT2D eigenvalue weighted by Gasteiger charge is -2.27. The average Bonchev–Trinajstić information content (AvgIpc) is 3.32. The molecular weight excluding hydrogens is 346 g/mol. The number of nitrogens with one attached hydrogen (secondary N) is 1. The Bertz CT molecular complexity index is 787. The van der Waals surface area contributed by atoms with Crippen molar-refractivity contribution < 1.29 is 9.32 Å². The molecular formula is C20H27N3O2S. The highest BCUT2D eigenvalue weighted by Crippen LogP contribution is 2.35. The van der Waals surface area contributed by atoms with E-state index in [0.717, 1.165) is 49.5 Å². The minimum absolute atomic E-state index is 0.125. The highest BCUT2D eigenvalue weighted by molar-refractivity contribution is 7.10. The summed E-state index contributed by atoms with van der Waals surface area (Å²) < 4.78 is 5.29. The SMILES string of the molecule is CC[C@@H](NC(=O)c1csc2c1CCN(Cc1c(C)noc1C)C2)C1CC1.